The molecule has 3 heterocycles. The number of hydrogen-bond donors (Lipinski definition) is 1. The molecule has 0 radical (unpaired) electrons. The molecule has 0 fully saturated rings. The average Bonchev–Trinajstić information content (AvgIpc) is 3.47. The minimum atomic E-state index is -0.954. The van der Waals surface area contributed by atoms with Crippen molar-refractivity contribution in [3.8, 4) is 28.5 Å². The molecule has 48 heavy (non-hydrogen) atoms. The van der Waals surface area contributed by atoms with E-state index in [1.165, 1.54) is 32.8 Å². The maximum atomic E-state index is 5.40. The molecule has 1 aliphatic rings. The summed E-state index contributed by atoms with van der Waals surface area (Å²) in [5.41, 5.74) is 9.93. The quantitative estimate of drug-likeness (QED) is 0.191. The van der Waals surface area contributed by atoms with E-state index in [1.807, 2.05) is 24.5 Å². The standard InChI is InChI=1S/C42H32N5P/c1-4-15-30(16-5-1)35-23-14-26-40(45-35)46-29-43-41-37(44-36-22-11-13-25-39(36)46)28-27-34-33-21-10-12-24-38(33)47(42(34)41)48(31-17-6-2-7-18-31)32-19-8-3-9-20-32/h1-26,29,44H,27-28H2. The third-order valence-electron chi connectivity index (χ3n) is 9.09. The van der Waals surface area contributed by atoms with Gasteiger partial charge >= 0.3 is 0 Å². The molecule has 0 unspecified atom stereocenters. The lowest BCUT2D eigenvalue weighted by Crippen LogP contribution is -2.19. The van der Waals surface area contributed by atoms with Crippen molar-refractivity contribution in [3.05, 3.63) is 175 Å². The Bertz CT molecular complexity index is 2420. The number of hydrogen-bond acceptors (Lipinski definition) is 2. The van der Waals surface area contributed by atoms with E-state index in [9.17, 15) is 0 Å². The SMILES string of the molecule is c1ccc(-c2cccc(-n3cnc4c([nH]c5ccccc53)CCc3c-4n(P(c4ccccc4)c4ccccc4)c4ccccc34)n2)cc1. The van der Waals surface area contributed by atoms with Gasteiger partial charge in [-0.15, -0.1) is 0 Å². The highest BCUT2D eigenvalue weighted by Gasteiger charge is 2.30. The molecule has 5 nitrogen and oxygen atoms in total. The second-order valence-electron chi connectivity index (χ2n) is 12.0. The Hall–Kier alpha value is -5.77. The number of benzene rings is 5. The number of para-hydroxylation sites is 3. The van der Waals surface area contributed by atoms with Gasteiger partial charge in [0.25, 0.3) is 0 Å². The Balaban J connectivity index is 1.34. The zero-order valence-corrected chi connectivity index (χ0v) is 27.1. The second-order valence-corrected chi connectivity index (χ2v) is 14.0. The summed E-state index contributed by atoms with van der Waals surface area (Å²) in [6.07, 6.45) is 3.78. The molecule has 0 aliphatic heterocycles. The van der Waals surface area contributed by atoms with Crippen molar-refractivity contribution in [2.75, 3.05) is 0 Å². The number of fused-ring (bicyclic) bond motifs is 6. The molecule has 0 saturated carbocycles. The number of aromatic amines is 1. The Morgan fingerprint density at radius 3 is 1.98 bits per heavy atom. The molecule has 6 heteroatoms. The molecule has 8 aromatic rings. The number of aromatic nitrogens is 5. The van der Waals surface area contributed by atoms with Crippen LogP contribution < -0.4 is 10.6 Å². The van der Waals surface area contributed by atoms with E-state index in [2.05, 4.69) is 153 Å². The lowest BCUT2D eigenvalue weighted by atomic mass is 9.96. The normalized spacial score (nSPS) is 12.2. The first-order valence-corrected chi connectivity index (χ1v) is 17.6. The smallest absolute Gasteiger partial charge is 0.139 e. The fraction of sp³-hybridized carbons (Fsp3) is 0.0476. The van der Waals surface area contributed by atoms with Crippen molar-refractivity contribution in [2.24, 2.45) is 0 Å². The summed E-state index contributed by atoms with van der Waals surface area (Å²) in [5.74, 6) is 0.811. The second kappa shape index (κ2) is 12.1. The van der Waals surface area contributed by atoms with Gasteiger partial charge in [-0.25, -0.2) is 9.97 Å². The van der Waals surface area contributed by atoms with E-state index in [-0.39, 0.29) is 0 Å². The van der Waals surface area contributed by atoms with Crippen LogP contribution in [0.15, 0.2) is 164 Å². The maximum Gasteiger partial charge on any atom is 0.139 e. The molecule has 1 N–H and O–H groups in total. The topological polar surface area (TPSA) is 51.4 Å². The number of nitrogens with one attached hydrogen (secondary N) is 1. The van der Waals surface area contributed by atoms with Crippen LogP contribution in [0, 0.1) is 0 Å². The Kier molecular flexibility index (Phi) is 7.18. The van der Waals surface area contributed by atoms with Crippen molar-refractivity contribution < 1.29 is 0 Å². The number of H-pyrrole nitrogens is 1. The summed E-state index contributed by atoms with van der Waals surface area (Å²) in [6.45, 7) is 0. The van der Waals surface area contributed by atoms with Gasteiger partial charge in [0.05, 0.1) is 36.0 Å². The minimum absolute atomic E-state index is 0.811. The molecule has 0 spiro atoms. The van der Waals surface area contributed by atoms with Gasteiger partial charge < -0.3 is 9.32 Å². The third-order valence-corrected chi connectivity index (χ3v) is 11.5. The average molecular weight is 638 g/mol. The van der Waals surface area contributed by atoms with Crippen molar-refractivity contribution in [3.63, 3.8) is 0 Å². The fourth-order valence-electron chi connectivity index (χ4n) is 6.92. The van der Waals surface area contributed by atoms with Gasteiger partial charge in [0, 0.05) is 27.3 Å². The number of nitrogens with zero attached hydrogens (tertiary/aromatic N) is 4. The van der Waals surface area contributed by atoms with Crippen molar-refractivity contribution in [2.45, 2.75) is 12.8 Å². The van der Waals surface area contributed by atoms with Crippen molar-refractivity contribution in [1.29, 1.82) is 0 Å². The first kappa shape index (κ1) is 28.5. The molecule has 9 rings (SSSR count). The van der Waals surface area contributed by atoms with Crippen LogP contribution in [0.5, 0.6) is 0 Å². The Labute approximate surface area is 280 Å². The van der Waals surface area contributed by atoms with Gasteiger partial charge in [-0.3, -0.25) is 4.57 Å². The van der Waals surface area contributed by atoms with Crippen LogP contribution in [0.4, 0.5) is 0 Å². The predicted octanol–water partition coefficient (Wildman–Crippen LogP) is 9.16. The molecule has 3 aromatic heterocycles. The lowest BCUT2D eigenvalue weighted by molar-refractivity contribution is 0.882. The zero-order valence-electron chi connectivity index (χ0n) is 26.2. The minimum Gasteiger partial charge on any atom is -0.355 e. The summed E-state index contributed by atoms with van der Waals surface area (Å²) in [4.78, 5) is 14.4. The monoisotopic (exact) mass is 637 g/mol. The maximum absolute atomic E-state index is 5.40. The van der Waals surface area contributed by atoms with Gasteiger partial charge in [-0.2, -0.15) is 0 Å². The van der Waals surface area contributed by atoms with Crippen LogP contribution in [0.2, 0.25) is 0 Å². The molecule has 0 bridgehead atoms. The Morgan fingerprint density at radius 1 is 0.583 bits per heavy atom. The van der Waals surface area contributed by atoms with Crippen molar-refractivity contribution >= 4 is 40.6 Å². The fourth-order valence-corrected chi connectivity index (χ4v) is 9.40. The molecular weight excluding hydrogens is 605 g/mol. The molecule has 230 valence electrons. The lowest BCUT2D eigenvalue weighted by Gasteiger charge is -2.26. The van der Waals surface area contributed by atoms with Crippen LogP contribution in [-0.2, 0) is 12.8 Å². The predicted molar refractivity (Wildman–Crippen MR) is 199 cm³/mol. The van der Waals surface area contributed by atoms with Gasteiger partial charge in [0.1, 0.15) is 17.8 Å². The van der Waals surface area contributed by atoms with Crippen LogP contribution >= 0.6 is 8.07 Å². The summed E-state index contributed by atoms with van der Waals surface area (Å²) >= 11 is 0. The highest BCUT2D eigenvalue weighted by Crippen LogP contribution is 2.48. The van der Waals surface area contributed by atoms with Crippen LogP contribution in [0.3, 0.4) is 0 Å². The van der Waals surface area contributed by atoms with Crippen LogP contribution in [0.1, 0.15) is 11.3 Å². The molecule has 0 amide bonds. The van der Waals surface area contributed by atoms with Gasteiger partial charge in [-0.1, -0.05) is 127 Å². The van der Waals surface area contributed by atoms with E-state index in [0.717, 1.165) is 52.3 Å². The first-order valence-electron chi connectivity index (χ1n) is 16.3. The Morgan fingerprint density at radius 2 is 1.23 bits per heavy atom. The van der Waals surface area contributed by atoms with Crippen LogP contribution in [-0.4, -0.2) is 23.9 Å². The van der Waals surface area contributed by atoms with Gasteiger partial charge in [0.15, 0.2) is 0 Å². The molecule has 0 atom stereocenters. The van der Waals surface area contributed by atoms with Crippen LogP contribution in [0.25, 0.3) is 50.4 Å². The van der Waals surface area contributed by atoms with E-state index in [0.29, 0.717) is 0 Å². The summed E-state index contributed by atoms with van der Waals surface area (Å²) < 4.78 is 4.70. The van der Waals surface area contributed by atoms with Gasteiger partial charge in [0.2, 0.25) is 0 Å². The van der Waals surface area contributed by atoms with E-state index in [4.69, 9.17) is 9.97 Å². The highest BCUT2D eigenvalue weighted by molar-refractivity contribution is 7.71. The molecule has 1 aliphatic carbocycles. The summed E-state index contributed by atoms with van der Waals surface area (Å²) in [6, 6.07) is 55.7. The summed E-state index contributed by atoms with van der Waals surface area (Å²) in [7, 11) is -0.954. The van der Waals surface area contributed by atoms with Crippen molar-refractivity contribution in [1.82, 2.24) is 23.9 Å². The van der Waals surface area contributed by atoms with E-state index < -0.39 is 8.07 Å². The number of rotatable bonds is 5. The number of aryl methyl sites for hydroxylation is 2. The highest BCUT2D eigenvalue weighted by atomic mass is 31.1. The van der Waals surface area contributed by atoms with E-state index >= 15 is 0 Å². The van der Waals surface area contributed by atoms with E-state index in [1.54, 1.807) is 0 Å². The molecule has 0 saturated heterocycles. The van der Waals surface area contributed by atoms with Gasteiger partial charge in [-0.05, 0) is 48.7 Å². The molecular formula is C42H32N5P. The first-order chi connectivity index (χ1) is 23.8. The zero-order chi connectivity index (χ0) is 31.9. The molecule has 5 aromatic carbocycles. The number of pyridine rings is 1. The third kappa shape index (κ3) is 4.92. The largest absolute Gasteiger partial charge is 0.355 e. The summed E-state index contributed by atoms with van der Waals surface area (Å²) in [5, 5.41) is 3.89.